The quantitative estimate of drug-likeness (QED) is 0.630. The van der Waals surface area contributed by atoms with Gasteiger partial charge in [0.2, 0.25) is 10.0 Å². The number of fused-ring (bicyclic) bond motifs is 1. The Morgan fingerprint density at radius 2 is 1.93 bits per heavy atom. The number of sulfonamides is 1. The lowest BCUT2D eigenvalue weighted by atomic mass is 10.1. The summed E-state index contributed by atoms with van der Waals surface area (Å²) >= 11 is 0. The Labute approximate surface area is 174 Å². The second kappa shape index (κ2) is 8.13. The molecule has 158 valence electrons. The van der Waals surface area contributed by atoms with Gasteiger partial charge in [-0.25, -0.2) is 13.4 Å². The predicted octanol–water partition coefficient (Wildman–Crippen LogP) is 1.37. The molecule has 3 aromatic rings. The molecule has 0 saturated heterocycles. The van der Waals surface area contributed by atoms with Gasteiger partial charge in [-0.15, -0.1) is 0 Å². The highest BCUT2D eigenvalue weighted by molar-refractivity contribution is 7.88. The molecule has 30 heavy (non-hydrogen) atoms. The smallest absolute Gasteiger partial charge is 0.255 e. The molecule has 0 radical (unpaired) electrons. The maximum absolute atomic E-state index is 12.7. The maximum atomic E-state index is 12.7. The molecule has 0 aliphatic carbocycles. The molecule has 10 heteroatoms. The average Bonchev–Trinajstić information content (AvgIpc) is 3.15. The van der Waals surface area contributed by atoms with E-state index in [4.69, 9.17) is 4.42 Å². The fraction of sp³-hybridized carbons (Fsp3) is 0.350. The Morgan fingerprint density at radius 3 is 2.67 bits per heavy atom. The van der Waals surface area contributed by atoms with Crippen molar-refractivity contribution in [3.8, 4) is 11.4 Å². The second-order valence-electron chi connectivity index (χ2n) is 7.42. The SMILES string of the molecule is CN(Cc1ccc(CN2CCc3nc(-c4ccncc4)[nH]c(=O)c3C2)o1)S(C)(=O)=O. The van der Waals surface area contributed by atoms with Crippen molar-refractivity contribution >= 4 is 10.0 Å². The van der Waals surface area contributed by atoms with E-state index in [2.05, 4.69) is 19.9 Å². The Balaban J connectivity index is 1.46. The molecule has 1 N–H and O–H groups in total. The molecule has 0 spiro atoms. The minimum Gasteiger partial charge on any atom is -0.463 e. The monoisotopic (exact) mass is 429 g/mol. The molecule has 0 saturated carbocycles. The van der Waals surface area contributed by atoms with Gasteiger partial charge < -0.3 is 9.40 Å². The number of nitrogens with zero attached hydrogens (tertiary/aromatic N) is 4. The van der Waals surface area contributed by atoms with Gasteiger partial charge in [0, 0.05) is 44.5 Å². The maximum Gasteiger partial charge on any atom is 0.255 e. The van der Waals surface area contributed by atoms with Crippen LogP contribution in [-0.2, 0) is 36.1 Å². The molecule has 0 atom stereocenters. The van der Waals surface area contributed by atoms with Gasteiger partial charge >= 0.3 is 0 Å². The second-order valence-corrected chi connectivity index (χ2v) is 9.51. The molecule has 0 fully saturated rings. The van der Waals surface area contributed by atoms with E-state index in [9.17, 15) is 13.2 Å². The third-order valence-corrected chi connectivity index (χ3v) is 6.40. The number of pyridine rings is 1. The first kappa shape index (κ1) is 20.5. The normalized spacial score (nSPS) is 14.8. The van der Waals surface area contributed by atoms with Crippen LogP contribution in [0.3, 0.4) is 0 Å². The predicted molar refractivity (Wildman–Crippen MR) is 111 cm³/mol. The third kappa shape index (κ3) is 4.50. The minimum absolute atomic E-state index is 0.133. The highest BCUT2D eigenvalue weighted by Gasteiger charge is 2.22. The topological polar surface area (TPSA) is 112 Å². The molecule has 0 unspecified atom stereocenters. The van der Waals surface area contributed by atoms with E-state index in [0.29, 0.717) is 36.7 Å². The summed E-state index contributed by atoms with van der Waals surface area (Å²) in [6.07, 6.45) is 5.17. The van der Waals surface area contributed by atoms with E-state index in [1.807, 2.05) is 18.2 Å². The van der Waals surface area contributed by atoms with Crippen molar-refractivity contribution in [2.45, 2.75) is 26.1 Å². The number of nitrogens with one attached hydrogen (secondary N) is 1. The Morgan fingerprint density at radius 1 is 1.20 bits per heavy atom. The lowest BCUT2D eigenvalue weighted by molar-refractivity contribution is 0.219. The highest BCUT2D eigenvalue weighted by Crippen LogP contribution is 2.20. The van der Waals surface area contributed by atoms with E-state index in [-0.39, 0.29) is 12.1 Å². The summed E-state index contributed by atoms with van der Waals surface area (Å²) in [5.41, 5.74) is 2.18. The molecule has 0 amide bonds. The molecule has 1 aliphatic rings. The summed E-state index contributed by atoms with van der Waals surface area (Å²) in [5.74, 6) is 1.87. The van der Waals surface area contributed by atoms with Crippen LogP contribution >= 0.6 is 0 Å². The number of hydrogen-bond donors (Lipinski definition) is 1. The lowest BCUT2D eigenvalue weighted by Crippen LogP contribution is -2.35. The molecule has 0 bridgehead atoms. The molecular formula is C20H23N5O4S. The summed E-state index contributed by atoms with van der Waals surface area (Å²) in [4.78, 5) is 26.3. The van der Waals surface area contributed by atoms with E-state index in [0.717, 1.165) is 29.8 Å². The van der Waals surface area contributed by atoms with Gasteiger partial charge in [-0.2, -0.15) is 4.31 Å². The molecule has 4 heterocycles. The summed E-state index contributed by atoms with van der Waals surface area (Å²) < 4.78 is 30.1. The summed E-state index contributed by atoms with van der Waals surface area (Å²) in [6.45, 7) is 1.95. The molecule has 3 aromatic heterocycles. The van der Waals surface area contributed by atoms with Gasteiger partial charge in [-0.1, -0.05) is 0 Å². The average molecular weight is 430 g/mol. The molecule has 9 nitrogen and oxygen atoms in total. The number of rotatable bonds is 6. The van der Waals surface area contributed by atoms with E-state index in [1.54, 1.807) is 18.5 Å². The van der Waals surface area contributed by atoms with Crippen LogP contribution in [-0.4, -0.2) is 52.4 Å². The van der Waals surface area contributed by atoms with E-state index in [1.165, 1.54) is 11.4 Å². The highest BCUT2D eigenvalue weighted by atomic mass is 32.2. The summed E-state index contributed by atoms with van der Waals surface area (Å²) in [5, 5.41) is 0. The van der Waals surface area contributed by atoms with Gasteiger partial charge in [-0.3, -0.25) is 14.7 Å². The van der Waals surface area contributed by atoms with Gasteiger partial charge in [0.25, 0.3) is 5.56 Å². The van der Waals surface area contributed by atoms with Crippen molar-refractivity contribution in [3.63, 3.8) is 0 Å². The van der Waals surface area contributed by atoms with Crippen LogP contribution in [0.2, 0.25) is 0 Å². The van der Waals surface area contributed by atoms with Crippen molar-refractivity contribution in [2.24, 2.45) is 0 Å². The number of aromatic nitrogens is 3. The Kier molecular flexibility index (Phi) is 5.54. The van der Waals surface area contributed by atoms with Crippen LogP contribution in [0, 0.1) is 0 Å². The zero-order chi connectivity index (χ0) is 21.3. The zero-order valence-corrected chi connectivity index (χ0v) is 17.6. The van der Waals surface area contributed by atoms with Crippen LogP contribution in [0.1, 0.15) is 22.8 Å². The van der Waals surface area contributed by atoms with Crippen molar-refractivity contribution in [1.82, 2.24) is 24.2 Å². The van der Waals surface area contributed by atoms with Gasteiger partial charge in [0.1, 0.15) is 17.3 Å². The number of H-pyrrole nitrogens is 1. The van der Waals surface area contributed by atoms with Crippen LogP contribution in [0.4, 0.5) is 0 Å². The largest absolute Gasteiger partial charge is 0.463 e. The third-order valence-electron chi connectivity index (χ3n) is 5.14. The first-order chi connectivity index (χ1) is 14.3. The number of hydrogen-bond acceptors (Lipinski definition) is 7. The van der Waals surface area contributed by atoms with Crippen LogP contribution in [0.5, 0.6) is 0 Å². The Bertz CT molecular complexity index is 1200. The van der Waals surface area contributed by atoms with Crippen molar-refractivity contribution in [3.05, 3.63) is 69.8 Å². The van der Waals surface area contributed by atoms with E-state index < -0.39 is 10.0 Å². The number of furan rings is 1. The van der Waals surface area contributed by atoms with Gasteiger partial charge in [0.15, 0.2) is 0 Å². The first-order valence-corrected chi connectivity index (χ1v) is 11.4. The molecule has 1 aliphatic heterocycles. The zero-order valence-electron chi connectivity index (χ0n) is 16.8. The molecule has 4 rings (SSSR count). The fourth-order valence-electron chi connectivity index (χ4n) is 3.41. The van der Waals surface area contributed by atoms with Crippen LogP contribution < -0.4 is 5.56 Å². The first-order valence-electron chi connectivity index (χ1n) is 9.53. The number of aromatic amines is 1. The van der Waals surface area contributed by atoms with Gasteiger partial charge in [0.05, 0.1) is 30.6 Å². The van der Waals surface area contributed by atoms with Crippen molar-refractivity contribution in [2.75, 3.05) is 19.8 Å². The molecule has 0 aromatic carbocycles. The minimum atomic E-state index is -3.27. The lowest BCUT2D eigenvalue weighted by Gasteiger charge is -2.26. The van der Waals surface area contributed by atoms with Crippen LogP contribution in [0.15, 0.2) is 45.9 Å². The summed E-state index contributed by atoms with van der Waals surface area (Å²) in [6, 6.07) is 7.26. The summed E-state index contributed by atoms with van der Waals surface area (Å²) in [7, 11) is -1.75. The van der Waals surface area contributed by atoms with E-state index >= 15 is 0 Å². The van der Waals surface area contributed by atoms with Crippen LogP contribution in [0.25, 0.3) is 11.4 Å². The molecular weight excluding hydrogens is 406 g/mol. The van der Waals surface area contributed by atoms with Crippen molar-refractivity contribution in [1.29, 1.82) is 0 Å². The van der Waals surface area contributed by atoms with Crippen molar-refractivity contribution < 1.29 is 12.8 Å². The standard InChI is InChI=1S/C20H23N5O4S/c1-24(30(2,27)28)11-15-3-4-16(29-15)12-25-10-7-18-17(13-25)20(26)23-19(22-18)14-5-8-21-9-6-14/h3-6,8-9H,7,10-13H2,1-2H3,(H,22,23,26). The Hall–Kier alpha value is -2.82. The fourth-order valence-corrected chi connectivity index (χ4v) is 3.77. The van der Waals surface area contributed by atoms with Gasteiger partial charge in [-0.05, 0) is 24.3 Å².